The molecule has 0 amide bonds. The van der Waals surface area contributed by atoms with Gasteiger partial charge < -0.3 is 19.9 Å². The molecule has 1 aromatic carbocycles. The van der Waals surface area contributed by atoms with E-state index >= 15 is 0 Å². The quantitative estimate of drug-likeness (QED) is 0.734. The van der Waals surface area contributed by atoms with Crippen molar-refractivity contribution in [1.29, 1.82) is 0 Å². The Morgan fingerprint density at radius 1 is 1.30 bits per heavy atom. The van der Waals surface area contributed by atoms with E-state index in [4.69, 9.17) is 19.9 Å². The maximum absolute atomic E-state index is 11.6. The molecule has 1 unspecified atom stereocenters. The second kappa shape index (κ2) is 8.55. The van der Waals surface area contributed by atoms with Crippen molar-refractivity contribution in [3.05, 3.63) is 29.3 Å². The molecule has 0 aliphatic carbocycles. The van der Waals surface area contributed by atoms with Crippen molar-refractivity contribution in [2.75, 3.05) is 20.3 Å². The van der Waals surface area contributed by atoms with E-state index in [1.165, 1.54) is 0 Å². The Kier molecular flexibility index (Phi) is 7.04. The molecule has 1 aromatic rings. The Balaban J connectivity index is 2.88. The Bertz CT molecular complexity index is 434. The van der Waals surface area contributed by atoms with Crippen molar-refractivity contribution >= 4 is 5.97 Å². The van der Waals surface area contributed by atoms with Crippen LogP contribution < -0.4 is 10.5 Å². The third kappa shape index (κ3) is 4.83. The summed E-state index contributed by atoms with van der Waals surface area (Å²) in [6.07, 6.45) is 0.381. The molecule has 0 saturated carbocycles. The standard InChI is InChI=1S/C15H23NO4/c1-4-19-14-7-6-11(10-18-3)8-12(14)9-13(16)15(17)20-5-2/h6-8,13H,4-5,9-10,16H2,1-3H3. The number of rotatable bonds is 8. The second-order valence-electron chi connectivity index (χ2n) is 4.37. The molecule has 1 atom stereocenters. The van der Waals surface area contributed by atoms with Gasteiger partial charge in [-0.25, -0.2) is 0 Å². The molecule has 5 heteroatoms. The fraction of sp³-hybridized carbons (Fsp3) is 0.533. The Labute approximate surface area is 120 Å². The van der Waals surface area contributed by atoms with Crippen molar-refractivity contribution in [2.24, 2.45) is 5.73 Å². The van der Waals surface area contributed by atoms with Gasteiger partial charge in [-0.3, -0.25) is 4.79 Å². The monoisotopic (exact) mass is 281 g/mol. The summed E-state index contributed by atoms with van der Waals surface area (Å²) in [5.41, 5.74) is 7.77. The molecule has 0 fully saturated rings. The minimum Gasteiger partial charge on any atom is -0.494 e. The number of hydrogen-bond acceptors (Lipinski definition) is 5. The van der Waals surface area contributed by atoms with Crippen LogP contribution in [0.4, 0.5) is 0 Å². The van der Waals surface area contributed by atoms with Gasteiger partial charge in [-0.2, -0.15) is 0 Å². The van der Waals surface area contributed by atoms with Gasteiger partial charge in [-0.1, -0.05) is 6.07 Å². The number of benzene rings is 1. The van der Waals surface area contributed by atoms with Crippen LogP contribution in [-0.2, 0) is 27.3 Å². The van der Waals surface area contributed by atoms with Gasteiger partial charge >= 0.3 is 5.97 Å². The van der Waals surface area contributed by atoms with Crippen molar-refractivity contribution < 1.29 is 19.0 Å². The average molecular weight is 281 g/mol. The molecule has 0 spiro atoms. The van der Waals surface area contributed by atoms with E-state index < -0.39 is 12.0 Å². The lowest BCUT2D eigenvalue weighted by atomic mass is 10.0. The molecule has 0 aliphatic rings. The van der Waals surface area contributed by atoms with E-state index in [0.29, 0.717) is 26.2 Å². The lowest BCUT2D eigenvalue weighted by molar-refractivity contribution is -0.144. The summed E-state index contributed by atoms with van der Waals surface area (Å²) in [6, 6.07) is 5.08. The lowest BCUT2D eigenvalue weighted by Gasteiger charge is -2.15. The van der Waals surface area contributed by atoms with Crippen LogP contribution in [0.5, 0.6) is 5.75 Å². The summed E-state index contributed by atoms with van der Waals surface area (Å²) in [5, 5.41) is 0. The van der Waals surface area contributed by atoms with Gasteiger partial charge in [-0.05, 0) is 37.1 Å². The molecule has 2 N–H and O–H groups in total. The molecule has 1 rings (SSSR count). The summed E-state index contributed by atoms with van der Waals surface area (Å²) in [7, 11) is 1.64. The van der Waals surface area contributed by atoms with Crippen molar-refractivity contribution in [3.8, 4) is 5.75 Å². The van der Waals surface area contributed by atoms with Crippen LogP contribution in [0.2, 0.25) is 0 Å². The Hall–Kier alpha value is -1.59. The van der Waals surface area contributed by atoms with E-state index in [2.05, 4.69) is 0 Å². The largest absolute Gasteiger partial charge is 0.494 e. The first-order valence-electron chi connectivity index (χ1n) is 6.78. The van der Waals surface area contributed by atoms with Crippen molar-refractivity contribution in [1.82, 2.24) is 0 Å². The number of carbonyl (C=O) groups excluding carboxylic acids is 1. The van der Waals surface area contributed by atoms with E-state index in [1.807, 2.05) is 25.1 Å². The van der Waals surface area contributed by atoms with Gasteiger partial charge in [0.05, 0.1) is 19.8 Å². The third-order valence-electron chi connectivity index (χ3n) is 2.76. The number of carbonyl (C=O) groups is 1. The van der Waals surface area contributed by atoms with Gasteiger partial charge in [-0.15, -0.1) is 0 Å². The van der Waals surface area contributed by atoms with E-state index in [1.54, 1.807) is 14.0 Å². The van der Waals surface area contributed by atoms with Crippen molar-refractivity contribution in [3.63, 3.8) is 0 Å². The van der Waals surface area contributed by atoms with Crippen LogP contribution >= 0.6 is 0 Å². The molecular weight excluding hydrogens is 258 g/mol. The predicted octanol–water partition coefficient (Wildman–Crippen LogP) is 1.66. The second-order valence-corrected chi connectivity index (χ2v) is 4.37. The van der Waals surface area contributed by atoms with Gasteiger partial charge in [0.1, 0.15) is 11.8 Å². The van der Waals surface area contributed by atoms with Crippen LogP contribution in [0.1, 0.15) is 25.0 Å². The predicted molar refractivity (Wildman–Crippen MR) is 76.6 cm³/mol. The fourth-order valence-electron chi connectivity index (χ4n) is 1.91. The zero-order chi connectivity index (χ0) is 15.0. The first-order chi connectivity index (χ1) is 9.62. The van der Waals surface area contributed by atoms with Crippen LogP contribution in [0.15, 0.2) is 18.2 Å². The number of ether oxygens (including phenoxy) is 3. The summed E-state index contributed by atoms with van der Waals surface area (Å²) in [5.74, 6) is 0.346. The topological polar surface area (TPSA) is 70.8 Å². The highest BCUT2D eigenvalue weighted by Crippen LogP contribution is 2.22. The molecule has 5 nitrogen and oxygen atoms in total. The fourth-order valence-corrected chi connectivity index (χ4v) is 1.91. The smallest absolute Gasteiger partial charge is 0.323 e. The first kappa shape index (κ1) is 16.5. The van der Waals surface area contributed by atoms with E-state index in [-0.39, 0.29) is 0 Å². The van der Waals surface area contributed by atoms with Crippen LogP contribution in [0.25, 0.3) is 0 Å². The first-order valence-corrected chi connectivity index (χ1v) is 6.78. The summed E-state index contributed by atoms with van der Waals surface area (Å²) >= 11 is 0. The number of methoxy groups -OCH3 is 1. The molecule has 0 saturated heterocycles. The van der Waals surface area contributed by atoms with Crippen LogP contribution in [-0.4, -0.2) is 32.3 Å². The summed E-state index contributed by atoms with van der Waals surface area (Å²) in [4.78, 5) is 11.6. The lowest BCUT2D eigenvalue weighted by Crippen LogP contribution is -2.34. The van der Waals surface area contributed by atoms with Gasteiger partial charge in [0, 0.05) is 13.5 Å². The highest BCUT2D eigenvalue weighted by atomic mass is 16.5. The van der Waals surface area contributed by atoms with Gasteiger partial charge in [0.25, 0.3) is 0 Å². The molecule has 0 aromatic heterocycles. The number of hydrogen-bond donors (Lipinski definition) is 1. The number of esters is 1. The average Bonchev–Trinajstić information content (AvgIpc) is 2.42. The zero-order valence-corrected chi connectivity index (χ0v) is 12.3. The minimum absolute atomic E-state index is 0.328. The molecule has 0 heterocycles. The third-order valence-corrected chi connectivity index (χ3v) is 2.76. The Morgan fingerprint density at radius 2 is 2.05 bits per heavy atom. The van der Waals surface area contributed by atoms with Gasteiger partial charge in [0.15, 0.2) is 0 Å². The number of nitrogens with two attached hydrogens (primary N) is 1. The molecular formula is C15H23NO4. The molecule has 0 aliphatic heterocycles. The Morgan fingerprint density at radius 3 is 2.65 bits per heavy atom. The van der Waals surface area contributed by atoms with Crippen LogP contribution in [0, 0.1) is 0 Å². The zero-order valence-electron chi connectivity index (χ0n) is 12.3. The molecule has 112 valence electrons. The normalized spacial score (nSPS) is 12.0. The molecule has 0 radical (unpaired) electrons. The highest BCUT2D eigenvalue weighted by Gasteiger charge is 2.17. The minimum atomic E-state index is -0.688. The SMILES string of the molecule is CCOC(=O)C(N)Cc1cc(COC)ccc1OCC. The highest BCUT2D eigenvalue weighted by molar-refractivity contribution is 5.76. The van der Waals surface area contributed by atoms with E-state index in [9.17, 15) is 4.79 Å². The van der Waals surface area contributed by atoms with E-state index in [0.717, 1.165) is 16.9 Å². The maximum atomic E-state index is 11.6. The van der Waals surface area contributed by atoms with Crippen molar-refractivity contribution in [2.45, 2.75) is 32.9 Å². The summed E-state index contributed by atoms with van der Waals surface area (Å²) < 4.78 is 15.6. The maximum Gasteiger partial charge on any atom is 0.323 e. The van der Waals surface area contributed by atoms with Gasteiger partial charge in [0.2, 0.25) is 0 Å². The van der Waals surface area contributed by atoms with Crippen LogP contribution in [0.3, 0.4) is 0 Å². The molecule has 20 heavy (non-hydrogen) atoms. The molecule has 0 bridgehead atoms. The summed E-state index contributed by atoms with van der Waals surface area (Å²) in [6.45, 7) is 5.07.